The molecule has 6 heteroatoms. The molecule has 0 bridgehead atoms. The van der Waals surface area contributed by atoms with Gasteiger partial charge in [0.15, 0.2) is 0 Å². The third-order valence-corrected chi connectivity index (χ3v) is 3.89. The van der Waals surface area contributed by atoms with Gasteiger partial charge in [-0.25, -0.2) is 14.4 Å². The van der Waals surface area contributed by atoms with Crippen molar-refractivity contribution in [2.75, 3.05) is 11.9 Å². The number of benzene rings is 1. The zero-order valence-corrected chi connectivity index (χ0v) is 12.0. The molecule has 0 saturated heterocycles. The number of nitrogens with one attached hydrogen (secondary N) is 1. The van der Waals surface area contributed by atoms with Gasteiger partial charge in [0.05, 0.1) is 5.39 Å². The molecule has 0 atom stereocenters. The van der Waals surface area contributed by atoms with Gasteiger partial charge in [0.1, 0.15) is 16.5 Å². The molecule has 0 spiro atoms. The van der Waals surface area contributed by atoms with E-state index in [9.17, 15) is 4.39 Å². The van der Waals surface area contributed by atoms with Crippen LogP contribution in [0.2, 0.25) is 5.28 Å². The SMILES string of the molecule is Fc1ccc(CCNc2nc(Cl)nc3sccc23)cc1. The molecule has 0 aliphatic heterocycles. The predicted molar refractivity (Wildman–Crippen MR) is 81.0 cm³/mol. The molecule has 20 heavy (non-hydrogen) atoms. The molecule has 3 rings (SSSR count). The van der Waals surface area contributed by atoms with E-state index in [1.54, 1.807) is 12.1 Å². The Hall–Kier alpha value is -1.72. The molecule has 102 valence electrons. The molecule has 0 saturated carbocycles. The maximum absolute atomic E-state index is 12.8. The molecule has 0 amide bonds. The van der Waals surface area contributed by atoms with Gasteiger partial charge in [-0.1, -0.05) is 12.1 Å². The Balaban J connectivity index is 1.70. The van der Waals surface area contributed by atoms with Crippen molar-refractivity contribution < 1.29 is 4.39 Å². The van der Waals surface area contributed by atoms with Crippen LogP contribution in [0.5, 0.6) is 0 Å². The minimum Gasteiger partial charge on any atom is -0.369 e. The van der Waals surface area contributed by atoms with Gasteiger partial charge in [0.25, 0.3) is 0 Å². The largest absolute Gasteiger partial charge is 0.369 e. The van der Waals surface area contributed by atoms with E-state index in [1.807, 2.05) is 11.4 Å². The minimum absolute atomic E-state index is 0.218. The summed E-state index contributed by atoms with van der Waals surface area (Å²) in [5, 5.41) is 6.43. The summed E-state index contributed by atoms with van der Waals surface area (Å²) in [6.07, 6.45) is 0.785. The first-order valence-corrected chi connectivity index (χ1v) is 7.37. The van der Waals surface area contributed by atoms with Crippen LogP contribution in [-0.4, -0.2) is 16.5 Å². The topological polar surface area (TPSA) is 37.8 Å². The Morgan fingerprint density at radius 3 is 2.75 bits per heavy atom. The van der Waals surface area contributed by atoms with E-state index in [0.29, 0.717) is 6.54 Å². The van der Waals surface area contributed by atoms with Gasteiger partial charge < -0.3 is 5.32 Å². The number of halogens is 2. The fourth-order valence-corrected chi connectivity index (χ4v) is 2.92. The van der Waals surface area contributed by atoms with Crippen molar-refractivity contribution in [2.24, 2.45) is 0 Å². The van der Waals surface area contributed by atoms with Crippen LogP contribution in [0.25, 0.3) is 10.2 Å². The van der Waals surface area contributed by atoms with Crippen molar-refractivity contribution >= 4 is 39.0 Å². The number of anilines is 1. The first-order valence-electron chi connectivity index (χ1n) is 6.11. The highest BCUT2D eigenvalue weighted by Crippen LogP contribution is 2.26. The van der Waals surface area contributed by atoms with Crippen LogP contribution in [0, 0.1) is 5.82 Å². The van der Waals surface area contributed by atoms with Gasteiger partial charge in [-0.3, -0.25) is 0 Å². The molecule has 1 aromatic carbocycles. The van der Waals surface area contributed by atoms with Crippen molar-refractivity contribution in [3.63, 3.8) is 0 Å². The van der Waals surface area contributed by atoms with Crippen LogP contribution in [0.4, 0.5) is 10.2 Å². The lowest BCUT2D eigenvalue weighted by molar-refractivity contribution is 0.627. The number of hydrogen-bond acceptors (Lipinski definition) is 4. The van der Waals surface area contributed by atoms with Gasteiger partial charge in [-0.05, 0) is 47.2 Å². The molecule has 0 aliphatic carbocycles. The van der Waals surface area contributed by atoms with Crippen molar-refractivity contribution in [2.45, 2.75) is 6.42 Å². The molecular weight excluding hydrogens is 297 g/mol. The maximum Gasteiger partial charge on any atom is 0.225 e. The summed E-state index contributed by atoms with van der Waals surface area (Å²) in [6, 6.07) is 8.47. The third kappa shape index (κ3) is 2.89. The number of fused-ring (bicyclic) bond motifs is 1. The van der Waals surface area contributed by atoms with Crippen LogP contribution in [0.15, 0.2) is 35.7 Å². The Morgan fingerprint density at radius 2 is 1.95 bits per heavy atom. The Morgan fingerprint density at radius 1 is 1.15 bits per heavy atom. The van der Waals surface area contributed by atoms with E-state index in [2.05, 4.69) is 15.3 Å². The van der Waals surface area contributed by atoms with Gasteiger partial charge in [0.2, 0.25) is 5.28 Å². The van der Waals surface area contributed by atoms with E-state index < -0.39 is 0 Å². The molecule has 3 nitrogen and oxygen atoms in total. The Labute approximate surface area is 124 Å². The van der Waals surface area contributed by atoms with Crippen LogP contribution < -0.4 is 5.32 Å². The first-order chi connectivity index (χ1) is 9.72. The lowest BCUT2D eigenvalue weighted by Gasteiger charge is -2.07. The van der Waals surface area contributed by atoms with Crippen LogP contribution in [0.3, 0.4) is 0 Å². The van der Waals surface area contributed by atoms with Gasteiger partial charge in [-0.15, -0.1) is 11.3 Å². The summed E-state index contributed by atoms with van der Waals surface area (Å²) in [5.74, 6) is 0.521. The van der Waals surface area contributed by atoms with Gasteiger partial charge in [0, 0.05) is 6.54 Å². The molecule has 2 aromatic heterocycles. The average Bonchev–Trinajstić information content (AvgIpc) is 2.89. The molecule has 0 radical (unpaired) electrons. The summed E-state index contributed by atoms with van der Waals surface area (Å²) in [7, 11) is 0. The molecule has 0 fully saturated rings. The normalized spacial score (nSPS) is 10.9. The highest BCUT2D eigenvalue weighted by molar-refractivity contribution is 7.16. The number of hydrogen-bond donors (Lipinski definition) is 1. The second kappa shape index (κ2) is 5.73. The second-order valence-corrected chi connectivity index (χ2v) is 5.52. The van der Waals surface area contributed by atoms with Gasteiger partial charge in [-0.2, -0.15) is 0 Å². The van der Waals surface area contributed by atoms with E-state index in [-0.39, 0.29) is 11.1 Å². The van der Waals surface area contributed by atoms with Crippen LogP contribution in [0.1, 0.15) is 5.56 Å². The number of rotatable bonds is 4. The van der Waals surface area contributed by atoms with Gasteiger partial charge >= 0.3 is 0 Å². The lowest BCUT2D eigenvalue weighted by atomic mass is 10.1. The maximum atomic E-state index is 12.8. The predicted octanol–water partition coefficient (Wildman–Crippen LogP) is 4.14. The average molecular weight is 308 g/mol. The smallest absolute Gasteiger partial charge is 0.225 e. The number of thiophene rings is 1. The summed E-state index contributed by atoms with van der Waals surface area (Å²) in [4.78, 5) is 9.24. The molecule has 0 unspecified atom stereocenters. The van der Waals surface area contributed by atoms with E-state index in [0.717, 1.165) is 28.0 Å². The van der Waals surface area contributed by atoms with Crippen molar-refractivity contribution in [1.82, 2.24) is 9.97 Å². The quantitative estimate of drug-likeness (QED) is 0.736. The van der Waals surface area contributed by atoms with E-state index >= 15 is 0 Å². The van der Waals surface area contributed by atoms with Crippen LogP contribution >= 0.6 is 22.9 Å². The Kier molecular flexibility index (Phi) is 3.80. The number of nitrogens with zero attached hydrogens (tertiary/aromatic N) is 2. The van der Waals surface area contributed by atoms with E-state index in [1.165, 1.54) is 23.5 Å². The first kappa shape index (κ1) is 13.3. The minimum atomic E-state index is -0.218. The summed E-state index contributed by atoms with van der Waals surface area (Å²) >= 11 is 7.43. The molecule has 0 aliphatic rings. The van der Waals surface area contributed by atoms with Crippen molar-refractivity contribution in [3.8, 4) is 0 Å². The lowest BCUT2D eigenvalue weighted by Crippen LogP contribution is -2.07. The molecule has 3 aromatic rings. The van der Waals surface area contributed by atoms with Crippen molar-refractivity contribution in [3.05, 3.63) is 52.4 Å². The second-order valence-electron chi connectivity index (χ2n) is 4.28. The zero-order valence-electron chi connectivity index (χ0n) is 10.4. The Bertz CT molecular complexity index is 727. The summed E-state index contributed by atoms with van der Waals surface area (Å²) in [6.45, 7) is 0.698. The summed E-state index contributed by atoms with van der Waals surface area (Å²) in [5.41, 5.74) is 1.07. The molecular formula is C14H11ClFN3S. The molecule has 1 N–H and O–H groups in total. The molecule has 2 heterocycles. The van der Waals surface area contributed by atoms with Crippen LogP contribution in [-0.2, 0) is 6.42 Å². The monoisotopic (exact) mass is 307 g/mol. The standard InChI is InChI=1S/C14H11ClFN3S/c15-14-18-12(11-6-8-20-13(11)19-14)17-7-5-9-1-3-10(16)4-2-9/h1-4,6,8H,5,7H2,(H,17,18,19). The fourth-order valence-electron chi connectivity index (χ4n) is 1.94. The fraction of sp³-hybridized carbons (Fsp3) is 0.143. The highest BCUT2D eigenvalue weighted by Gasteiger charge is 2.07. The summed E-state index contributed by atoms with van der Waals surface area (Å²) < 4.78 is 12.8. The number of aromatic nitrogens is 2. The van der Waals surface area contributed by atoms with Crippen molar-refractivity contribution in [1.29, 1.82) is 0 Å². The zero-order chi connectivity index (χ0) is 13.9. The third-order valence-electron chi connectivity index (χ3n) is 2.92. The highest BCUT2D eigenvalue weighted by atomic mass is 35.5. The van der Waals surface area contributed by atoms with E-state index in [4.69, 9.17) is 11.6 Å².